The summed E-state index contributed by atoms with van der Waals surface area (Å²) < 4.78 is 53.2. The highest BCUT2D eigenvalue weighted by Crippen LogP contribution is 2.49. The van der Waals surface area contributed by atoms with Gasteiger partial charge in [-0.25, -0.2) is 4.39 Å². The van der Waals surface area contributed by atoms with Gasteiger partial charge in [-0.15, -0.1) is 0 Å². The number of unbranched alkanes of at least 4 members (excludes halogenated alkanes) is 3. The molecule has 0 radical (unpaired) electrons. The minimum absolute atomic E-state index is 0.511. The molecule has 3 aliphatic rings. The normalized spacial score (nSPS) is 31.2. The highest BCUT2D eigenvalue weighted by atomic mass is 19.4. The molecule has 5 unspecified atom stereocenters. The third-order valence-electron chi connectivity index (χ3n) is 8.76. The number of alkyl halides is 3. The van der Waals surface area contributed by atoms with Crippen molar-refractivity contribution in [1.29, 1.82) is 0 Å². The maximum atomic E-state index is 14.1. The van der Waals surface area contributed by atoms with Crippen molar-refractivity contribution in [3.63, 3.8) is 0 Å². The summed E-state index contributed by atoms with van der Waals surface area (Å²) in [4.78, 5) is 0. The second-order valence-electron chi connectivity index (χ2n) is 10.7. The van der Waals surface area contributed by atoms with Crippen LogP contribution >= 0.6 is 0 Å². The SMILES string of the molecule is CCCCCCC1CCC2CC(C3CCc4cc(C(F)(F)F)c(F)cc4C3)CCC2C1. The first kappa shape index (κ1) is 23.1. The van der Waals surface area contributed by atoms with Crippen molar-refractivity contribution >= 4 is 0 Å². The van der Waals surface area contributed by atoms with Crippen LogP contribution in [0.3, 0.4) is 0 Å². The first-order chi connectivity index (χ1) is 14.8. The van der Waals surface area contributed by atoms with Gasteiger partial charge in [0, 0.05) is 0 Å². The van der Waals surface area contributed by atoms with Crippen LogP contribution in [0, 0.1) is 35.4 Å². The average Bonchev–Trinajstić information content (AvgIpc) is 2.74. The van der Waals surface area contributed by atoms with Gasteiger partial charge in [0.05, 0.1) is 5.56 Å². The Hall–Kier alpha value is -1.06. The molecule has 0 bridgehead atoms. The zero-order valence-electron chi connectivity index (χ0n) is 19.0. The van der Waals surface area contributed by atoms with Crippen LogP contribution in [-0.2, 0) is 19.0 Å². The Kier molecular flexibility index (Phi) is 7.33. The Bertz CT molecular complexity index is 737. The van der Waals surface area contributed by atoms with Gasteiger partial charge in [0.15, 0.2) is 0 Å². The fraction of sp³-hybridized carbons (Fsp3) is 0.778. The summed E-state index contributed by atoms with van der Waals surface area (Å²) in [7, 11) is 0. The van der Waals surface area contributed by atoms with E-state index < -0.39 is 17.6 Å². The third-order valence-corrected chi connectivity index (χ3v) is 8.76. The van der Waals surface area contributed by atoms with Gasteiger partial charge < -0.3 is 0 Å². The zero-order valence-corrected chi connectivity index (χ0v) is 19.0. The molecular formula is C27H38F4. The second-order valence-corrected chi connectivity index (χ2v) is 10.7. The molecule has 3 aliphatic carbocycles. The molecule has 2 fully saturated rings. The van der Waals surface area contributed by atoms with E-state index in [1.807, 2.05) is 0 Å². The van der Waals surface area contributed by atoms with Crippen molar-refractivity contribution < 1.29 is 17.6 Å². The summed E-state index contributed by atoms with van der Waals surface area (Å²) in [5.41, 5.74) is 0.429. The lowest BCUT2D eigenvalue weighted by molar-refractivity contribution is -0.140. The minimum atomic E-state index is -4.61. The number of rotatable bonds is 6. The van der Waals surface area contributed by atoms with Gasteiger partial charge in [-0.3, -0.25) is 0 Å². The molecule has 1 aromatic rings. The van der Waals surface area contributed by atoms with E-state index in [1.165, 1.54) is 76.7 Å². The van der Waals surface area contributed by atoms with E-state index in [4.69, 9.17) is 0 Å². The molecule has 0 nitrogen and oxygen atoms in total. The van der Waals surface area contributed by atoms with Crippen LogP contribution in [0.2, 0.25) is 0 Å². The summed E-state index contributed by atoms with van der Waals surface area (Å²) in [6.07, 6.45) is 12.7. The number of aryl methyl sites for hydroxylation is 1. The molecule has 0 aromatic heterocycles. The lowest BCUT2D eigenvalue weighted by Crippen LogP contribution is -2.35. The van der Waals surface area contributed by atoms with Gasteiger partial charge in [0.2, 0.25) is 0 Å². The Morgan fingerprint density at radius 2 is 1.52 bits per heavy atom. The lowest BCUT2D eigenvalue weighted by Gasteiger charge is -2.45. The molecule has 0 heterocycles. The molecule has 0 saturated heterocycles. The number of benzene rings is 1. The number of fused-ring (bicyclic) bond motifs is 2. The van der Waals surface area contributed by atoms with Gasteiger partial charge in [0.1, 0.15) is 5.82 Å². The monoisotopic (exact) mass is 438 g/mol. The molecule has 0 amide bonds. The third kappa shape index (κ3) is 5.47. The summed E-state index contributed by atoms with van der Waals surface area (Å²) >= 11 is 0. The molecule has 0 N–H and O–H groups in total. The summed E-state index contributed by atoms with van der Waals surface area (Å²) in [5, 5.41) is 0. The largest absolute Gasteiger partial charge is 0.419 e. The molecule has 1 aromatic carbocycles. The van der Waals surface area contributed by atoms with Crippen LogP contribution in [0.4, 0.5) is 17.6 Å². The van der Waals surface area contributed by atoms with E-state index in [1.54, 1.807) is 0 Å². The van der Waals surface area contributed by atoms with Crippen molar-refractivity contribution in [2.45, 2.75) is 103 Å². The predicted octanol–water partition coefficient (Wildman–Crippen LogP) is 8.75. The molecule has 2 saturated carbocycles. The van der Waals surface area contributed by atoms with Crippen molar-refractivity contribution in [1.82, 2.24) is 0 Å². The van der Waals surface area contributed by atoms with Crippen LogP contribution in [0.5, 0.6) is 0 Å². The summed E-state index contributed by atoms with van der Waals surface area (Å²) in [5.74, 6) is 2.74. The molecular weight excluding hydrogens is 400 g/mol. The predicted molar refractivity (Wildman–Crippen MR) is 117 cm³/mol. The molecule has 0 aliphatic heterocycles. The summed E-state index contributed by atoms with van der Waals surface area (Å²) in [6.45, 7) is 2.27. The molecule has 31 heavy (non-hydrogen) atoms. The number of hydrogen-bond donors (Lipinski definition) is 0. The highest BCUT2D eigenvalue weighted by Gasteiger charge is 2.40. The summed E-state index contributed by atoms with van der Waals surface area (Å²) in [6, 6.07) is 2.25. The van der Waals surface area contributed by atoms with Gasteiger partial charge in [0.25, 0.3) is 0 Å². The Morgan fingerprint density at radius 1 is 0.806 bits per heavy atom. The number of hydrogen-bond acceptors (Lipinski definition) is 0. The Balaban J connectivity index is 1.32. The van der Waals surface area contributed by atoms with Crippen LogP contribution < -0.4 is 0 Å². The quantitative estimate of drug-likeness (QED) is 0.308. The van der Waals surface area contributed by atoms with Crippen molar-refractivity contribution in [2.24, 2.45) is 29.6 Å². The van der Waals surface area contributed by atoms with Crippen molar-refractivity contribution in [3.8, 4) is 0 Å². The smallest absolute Gasteiger partial charge is 0.206 e. The van der Waals surface area contributed by atoms with E-state index in [0.29, 0.717) is 23.8 Å². The second kappa shape index (κ2) is 9.83. The van der Waals surface area contributed by atoms with Gasteiger partial charge in [-0.1, -0.05) is 45.4 Å². The van der Waals surface area contributed by atoms with Gasteiger partial charge >= 0.3 is 6.18 Å². The van der Waals surface area contributed by atoms with Crippen LogP contribution in [0.25, 0.3) is 0 Å². The fourth-order valence-electron chi connectivity index (χ4n) is 7.00. The molecule has 4 heteroatoms. The Morgan fingerprint density at radius 3 is 2.26 bits per heavy atom. The Labute approximate surface area is 185 Å². The first-order valence-electron chi connectivity index (χ1n) is 12.7. The van der Waals surface area contributed by atoms with E-state index in [-0.39, 0.29) is 0 Å². The average molecular weight is 439 g/mol. The van der Waals surface area contributed by atoms with Gasteiger partial charge in [-0.05, 0) is 104 Å². The van der Waals surface area contributed by atoms with Gasteiger partial charge in [-0.2, -0.15) is 13.2 Å². The highest BCUT2D eigenvalue weighted by molar-refractivity contribution is 5.36. The standard InChI is InChI=1S/C27H38F4/c1-2-3-4-5-6-18-7-8-20-14-21(10-9-19(20)13-18)22-11-12-23-16-25(27(29,30)31)26(28)17-24(23)15-22/h16-22H,2-15H2,1H3. The molecule has 0 spiro atoms. The van der Waals surface area contributed by atoms with E-state index in [9.17, 15) is 17.6 Å². The zero-order chi connectivity index (χ0) is 22.0. The van der Waals surface area contributed by atoms with Crippen LogP contribution in [-0.4, -0.2) is 0 Å². The molecule has 5 atom stereocenters. The van der Waals surface area contributed by atoms with Crippen LogP contribution in [0.1, 0.15) is 101 Å². The fourth-order valence-corrected chi connectivity index (χ4v) is 7.00. The van der Waals surface area contributed by atoms with Crippen molar-refractivity contribution in [2.75, 3.05) is 0 Å². The minimum Gasteiger partial charge on any atom is -0.206 e. The van der Waals surface area contributed by atoms with Crippen molar-refractivity contribution in [3.05, 3.63) is 34.6 Å². The number of halogens is 4. The first-order valence-corrected chi connectivity index (χ1v) is 12.7. The van der Waals surface area contributed by atoms with E-state index >= 15 is 0 Å². The molecule has 174 valence electrons. The van der Waals surface area contributed by atoms with E-state index in [2.05, 4.69) is 6.92 Å². The maximum Gasteiger partial charge on any atom is 0.419 e. The van der Waals surface area contributed by atoms with Crippen LogP contribution in [0.15, 0.2) is 12.1 Å². The topological polar surface area (TPSA) is 0 Å². The molecule has 4 rings (SSSR count). The van der Waals surface area contributed by atoms with E-state index in [0.717, 1.165) is 42.2 Å². The lowest BCUT2D eigenvalue weighted by atomic mass is 9.61. The maximum absolute atomic E-state index is 14.1.